The molecule has 0 fully saturated rings. The molecule has 0 N–H and O–H groups in total. The van der Waals surface area contributed by atoms with Gasteiger partial charge in [-0.15, -0.1) is 0 Å². The van der Waals surface area contributed by atoms with Crippen molar-refractivity contribution in [1.29, 1.82) is 0 Å². The normalized spacial score (nSPS) is 10.4. The summed E-state index contributed by atoms with van der Waals surface area (Å²) < 4.78 is 5.41. The molecule has 0 bridgehead atoms. The lowest BCUT2D eigenvalue weighted by Gasteiger charge is -2.05. The van der Waals surface area contributed by atoms with Crippen LogP contribution in [0.2, 0.25) is 0 Å². The highest BCUT2D eigenvalue weighted by molar-refractivity contribution is 5.84. The molecule has 0 spiro atoms. The molecule has 1 heteroatoms. The molecule has 0 aliphatic rings. The number of rotatable bonds is 4. The van der Waals surface area contributed by atoms with Crippen molar-refractivity contribution < 1.29 is 4.42 Å². The van der Waals surface area contributed by atoms with Crippen molar-refractivity contribution in [2.24, 2.45) is 0 Å². The second-order valence-electron chi connectivity index (χ2n) is 5.48. The Bertz CT molecular complexity index is 814. The molecule has 1 nitrogen and oxygen atoms in total. The monoisotopic (exact) mass is 288 g/mol. The summed E-state index contributed by atoms with van der Waals surface area (Å²) >= 11 is 0. The van der Waals surface area contributed by atoms with E-state index in [1.165, 1.54) is 30.4 Å². The largest absolute Gasteiger partial charge is 0.464 e. The molecular formula is C21H20O. The van der Waals surface area contributed by atoms with Crippen molar-refractivity contribution in [2.75, 3.05) is 0 Å². The number of hydrogen-bond acceptors (Lipinski definition) is 1. The topological polar surface area (TPSA) is 13.1 Å². The van der Waals surface area contributed by atoms with Crippen molar-refractivity contribution in [3.05, 3.63) is 60.4 Å². The number of hydrogen-bond donors (Lipinski definition) is 0. The van der Waals surface area contributed by atoms with E-state index >= 15 is 0 Å². The Morgan fingerprint density at radius 3 is 2.82 bits per heavy atom. The second-order valence-corrected chi connectivity index (χ2v) is 5.48. The van der Waals surface area contributed by atoms with Crippen molar-refractivity contribution >= 4 is 11.0 Å². The van der Waals surface area contributed by atoms with Crippen LogP contribution in [0.1, 0.15) is 38.2 Å². The zero-order valence-electron chi connectivity index (χ0n) is 12.9. The van der Waals surface area contributed by atoms with Crippen LogP contribution in [0.4, 0.5) is 0 Å². The third kappa shape index (κ3) is 3.23. The summed E-state index contributed by atoms with van der Waals surface area (Å²) in [6.45, 7) is 2.22. The van der Waals surface area contributed by atoms with E-state index in [2.05, 4.69) is 55.2 Å². The first-order valence-corrected chi connectivity index (χ1v) is 7.94. The van der Waals surface area contributed by atoms with E-state index in [0.717, 1.165) is 23.0 Å². The first-order chi connectivity index (χ1) is 10.9. The van der Waals surface area contributed by atoms with Crippen LogP contribution in [0.3, 0.4) is 0 Å². The van der Waals surface area contributed by atoms with Gasteiger partial charge in [-0.2, -0.15) is 0 Å². The molecule has 1 aromatic heterocycles. The predicted octanol–water partition coefficient (Wildman–Crippen LogP) is 6.03. The zero-order valence-corrected chi connectivity index (χ0v) is 12.9. The van der Waals surface area contributed by atoms with Gasteiger partial charge in [0.25, 0.3) is 0 Å². The molecule has 0 amide bonds. The lowest BCUT2D eigenvalue weighted by Crippen LogP contribution is -1.84. The lowest BCUT2D eigenvalue weighted by atomic mass is 9.99. The van der Waals surface area contributed by atoms with Crippen LogP contribution >= 0.6 is 0 Å². The molecule has 0 saturated carbocycles. The zero-order chi connectivity index (χ0) is 15.2. The smallest absolute Gasteiger partial charge is 0.133 e. The highest BCUT2D eigenvalue weighted by Gasteiger charge is 2.04. The Kier molecular flexibility index (Phi) is 4.61. The van der Waals surface area contributed by atoms with Crippen molar-refractivity contribution in [1.82, 2.24) is 0 Å². The summed E-state index contributed by atoms with van der Waals surface area (Å²) in [7, 11) is 0. The van der Waals surface area contributed by atoms with Gasteiger partial charge < -0.3 is 4.42 Å². The Hall–Kier alpha value is -2.46. The first kappa shape index (κ1) is 14.5. The number of unbranched alkanes of at least 4 members (excludes halogenated alkanes) is 3. The van der Waals surface area contributed by atoms with Gasteiger partial charge in [0.2, 0.25) is 0 Å². The Labute approximate surface area is 132 Å². The fourth-order valence-electron chi connectivity index (χ4n) is 2.60. The quantitative estimate of drug-likeness (QED) is 0.422. The molecule has 0 atom stereocenters. The number of furan rings is 1. The molecule has 110 valence electrons. The minimum Gasteiger partial charge on any atom is -0.464 e. The molecule has 0 aliphatic heterocycles. The molecule has 1 heterocycles. The van der Waals surface area contributed by atoms with Crippen LogP contribution in [0, 0.1) is 11.8 Å². The molecule has 22 heavy (non-hydrogen) atoms. The average molecular weight is 288 g/mol. The minimum atomic E-state index is 0.923. The van der Waals surface area contributed by atoms with E-state index in [1.807, 2.05) is 12.1 Å². The molecule has 0 unspecified atom stereocenters. The SMILES string of the molecule is CCCCCC#Cc1ccccc1-c1ccc2occc2c1. The molecule has 0 saturated heterocycles. The summed E-state index contributed by atoms with van der Waals surface area (Å²) in [4.78, 5) is 0. The highest BCUT2D eigenvalue weighted by atomic mass is 16.3. The average Bonchev–Trinajstić information content (AvgIpc) is 3.02. The van der Waals surface area contributed by atoms with Crippen molar-refractivity contribution in [3.8, 4) is 23.0 Å². The standard InChI is InChI=1S/C21H20O/c1-2-3-4-5-6-9-17-10-7-8-11-20(17)18-12-13-21-19(16-18)14-15-22-21/h7-8,10-16H,2-5H2,1H3. The van der Waals surface area contributed by atoms with Gasteiger partial charge in [-0.3, -0.25) is 0 Å². The highest BCUT2D eigenvalue weighted by Crippen LogP contribution is 2.27. The van der Waals surface area contributed by atoms with E-state index in [9.17, 15) is 0 Å². The molecule has 2 aromatic carbocycles. The van der Waals surface area contributed by atoms with Crippen molar-refractivity contribution in [2.45, 2.75) is 32.6 Å². The van der Waals surface area contributed by atoms with Gasteiger partial charge >= 0.3 is 0 Å². The molecule has 0 aliphatic carbocycles. The van der Waals surface area contributed by atoms with Gasteiger partial charge in [-0.25, -0.2) is 0 Å². The van der Waals surface area contributed by atoms with E-state index < -0.39 is 0 Å². The maximum Gasteiger partial charge on any atom is 0.133 e. The van der Waals surface area contributed by atoms with Gasteiger partial charge in [0.05, 0.1) is 6.26 Å². The predicted molar refractivity (Wildman–Crippen MR) is 92.7 cm³/mol. The summed E-state index contributed by atoms with van der Waals surface area (Å²) in [5, 5.41) is 1.13. The summed E-state index contributed by atoms with van der Waals surface area (Å²) in [5.41, 5.74) is 4.40. The minimum absolute atomic E-state index is 0.923. The number of fused-ring (bicyclic) bond motifs is 1. The van der Waals surface area contributed by atoms with Crippen molar-refractivity contribution in [3.63, 3.8) is 0 Å². The summed E-state index contributed by atoms with van der Waals surface area (Å²) in [5.74, 6) is 6.65. The van der Waals surface area contributed by atoms with Crippen LogP contribution < -0.4 is 0 Å². The number of benzene rings is 2. The van der Waals surface area contributed by atoms with E-state index in [1.54, 1.807) is 6.26 Å². The summed E-state index contributed by atoms with van der Waals surface area (Å²) in [6.07, 6.45) is 6.39. The van der Waals surface area contributed by atoms with Crippen LogP contribution in [-0.2, 0) is 0 Å². The van der Waals surface area contributed by atoms with Crippen LogP contribution in [0.15, 0.2) is 59.2 Å². The van der Waals surface area contributed by atoms with Gasteiger partial charge in [-0.05, 0) is 41.8 Å². The molecule has 0 radical (unpaired) electrons. The van der Waals surface area contributed by atoms with E-state index in [-0.39, 0.29) is 0 Å². The van der Waals surface area contributed by atoms with Crippen LogP contribution in [0.25, 0.3) is 22.1 Å². The van der Waals surface area contributed by atoms with Gasteiger partial charge in [0, 0.05) is 17.4 Å². The summed E-state index contributed by atoms with van der Waals surface area (Å²) in [6, 6.07) is 16.6. The Balaban J connectivity index is 1.90. The molecule has 3 aromatic rings. The second kappa shape index (κ2) is 7.00. The van der Waals surface area contributed by atoms with E-state index in [0.29, 0.717) is 0 Å². The third-order valence-electron chi connectivity index (χ3n) is 3.82. The van der Waals surface area contributed by atoms with Gasteiger partial charge in [0.1, 0.15) is 5.58 Å². The fraction of sp³-hybridized carbons (Fsp3) is 0.238. The van der Waals surface area contributed by atoms with Gasteiger partial charge in [0.15, 0.2) is 0 Å². The maximum absolute atomic E-state index is 5.41. The van der Waals surface area contributed by atoms with Gasteiger partial charge in [-0.1, -0.05) is 55.9 Å². The van der Waals surface area contributed by atoms with Crippen LogP contribution in [-0.4, -0.2) is 0 Å². The maximum atomic E-state index is 5.41. The third-order valence-corrected chi connectivity index (χ3v) is 3.82. The Morgan fingerprint density at radius 2 is 1.91 bits per heavy atom. The Morgan fingerprint density at radius 1 is 1.00 bits per heavy atom. The fourth-order valence-corrected chi connectivity index (χ4v) is 2.60. The molecular weight excluding hydrogens is 268 g/mol. The lowest BCUT2D eigenvalue weighted by molar-refractivity contribution is 0.616. The molecule has 3 rings (SSSR count). The van der Waals surface area contributed by atoms with E-state index in [4.69, 9.17) is 4.42 Å². The van der Waals surface area contributed by atoms with Crippen LogP contribution in [0.5, 0.6) is 0 Å². The first-order valence-electron chi connectivity index (χ1n) is 7.94.